The number of aromatic nitrogens is 3. The van der Waals surface area contributed by atoms with Gasteiger partial charge in [0.1, 0.15) is 5.82 Å². The van der Waals surface area contributed by atoms with Gasteiger partial charge in [-0.3, -0.25) is 9.59 Å². The molecule has 1 fully saturated rings. The van der Waals surface area contributed by atoms with Gasteiger partial charge in [0.05, 0.1) is 29.1 Å². The number of pyridine rings is 1. The lowest BCUT2D eigenvalue weighted by Crippen LogP contribution is -2.39. The maximum atomic E-state index is 14.7. The monoisotopic (exact) mass is 466 g/mol. The molecule has 0 spiro atoms. The minimum atomic E-state index is -4.84. The van der Waals surface area contributed by atoms with Crippen molar-refractivity contribution in [3.05, 3.63) is 68.1 Å². The zero-order chi connectivity index (χ0) is 24.1. The number of nitrogens with zero attached hydrogens (tertiary/aromatic N) is 3. The number of nitrogens with one attached hydrogen (secondary N) is 1. The summed E-state index contributed by atoms with van der Waals surface area (Å²) in [6.07, 6.45) is -2.75. The Kier molecular flexibility index (Phi) is 5.55. The van der Waals surface area contributed by atoms with E-state index in [-0.39, 0.29) is 22.3 Å². The number of fused-ring (bicyclic) bond motifs is 1. The topological polar surface area (TPSA) is 78.2 Å². The first kappa shape index (κ1) is 23.0. The van der Waals surface area contributed by atoms with Gasteiger partial charge in [-0.2, -0.15) is 18.3 Å². The quantitative estimate of drug-likeness (QED) is 0.595. The molecular weight excluding hydrogens is 444 g/mol. The van der Waals surface area contributed by atoms with Crippen molar-refractivity contribution in [3.8, 4) is 0 Å². The highest BCUT2D eigenvalue weighted by atomic mass is 19.4. The Balaban J connectivity index is 1.84. The third kappa shape index (κ3) is 4.01. The van der Waals surface area contributed by atoms with Gasteiger partial charge in [0.25, 0.3) is 11.1 Å². The molecule has 33 heavy (non-hydrogen) atoms. The lowest BCUT2D eigenvalue weighted by Gasteiger charge is -2.26. The van der Waals surface area contributed by atoms with E-state index in [1.807, 2.05) is 6.92 Å². The molecule has 0 bridgehead atoms. The first-order valence-electron chi connectivity index (χ1n) is 10.3. The second-order valence-corrected chi connectivity index (χ2v) is 8.46. The van der Waals surface area contributed by atoms with Crippen LogP contribution in [-0.2, 0) is 23.5 Å². The van der Waals surface area contributed by atoms with Gasteiger partial charge < -0.3 is 14.6 Å². The van der Waals surface area contributed by atoms with E-state index >= 15 is 0 Å². The number of aryl methyl sites for hydroxylation is 1. The van der Waals surface area contributed by atoms with Crippen molar-refractivity contribution in [2.75, 3.05) is 18.5 Å². The van der Waals surface area contributed by atoms with Gasteiger partial charge in [-0.05, 0) is 26.3 Å². The molecule has 1 saturated heterocycles. The highest BCUT2D eigenvalue weighted by Crippen LogP contribution is 2.35. The molecule has 11 heteroatoms. The Labute approximate surface area is 185 Å². The maximum absolute atomic E-state index is 14.7. The van der Waals surface area contributed by atoms with Crippen molar-refractivity contribution >= 4 is 16.6 Å². The molecule has 4 rings (SSSR count). The van der Waals surface area contributed by atoms with E-state index in [0.29, 0.717) is 31.1 Å². The van der Waals surface area contributed by atoms with E-state index in [2.05, 4.69) is 10.4 Å². The third-order valence-electron chi connectivity index (χ3n) is 6.02. The highest BCUT2D eigenvalue weighted by Gasteiger charge is 2.36. The number of hydrogen-bond acceptors (Lipinski definition) is 5. The molecule has 0 amide bonds. The summed E-state index contributed by atoms with van der Waals surface area (Å²) in [6, 6.07) is 3.34. The molecule has 0 radical (unpaired) electrons. The van der Waals surface area contributed by atoms with Crippen LogP contribution in [0, 0.1) is 5.82 Å². The third-order valence-corrected chi connectivity index (χ3v) is 6.02. The standard InChI is InChI=1S/C22H22F4N4O3/c1-12(13-5-4-6-16(18(13)23)22(24,25)26)27-19-15-10-30(21(2)7-8-33-11-21)17(31)9-14(15)20(32)29(3)28-19/h4-6,9-10,12H,7-8,11H2,1-3H3,(H,27,28)/t12-,21+/m1/s1. The minimum absolute atomic E-state index is 0.0930. The van der Waals surface area contributed by atoms with Crippen LogP contribution in [0.2, 0.25) is 0 Å². The summed E-state index contributed by atoms with van der Waals surface area (Å²) in [5.41, 5.74) is -3.09. The van der Waals surface area contributed by atoms with Gasteiger partial charge in [0.2, 0.25) is 0 Å². The summed E-state index contributed by atoms with van der Waals surface area (Å²) in [5.74, 6) is -1.25. The van der Waals surface area contributed by atoms with Gasteiger partial charge >= 0.3 is 6.18 Å². The lowest BCUT2D eigenvalue weighted by atomic mass is 10.0. The van der Waals surface area contributed by atoms with Crippen LogP contribution in [-0.4, -0.2) is 27.6 Å². The summed E-state index contributed by atoms with van der Waals surface area (Å²) >= 11 is 0. The molecule has 2 aromatic heterocycles. The van der Waals surface area contributed by atoms with E-state index in [1.54, 1.807) is 0 Å². The summed E-state index contributed by atoms with van der Waals surface area (Å²) in [5, 5.41) is 7.49. The number of hydrogen-bond donors (Lipinski definition) is 1. The Hall–Kier alpha value is -3.21. The molecule has 3 aromatic rings. The van der Waals surface area contributed by atoms with Gasteiger partial charge in [-0.15, -0.1) is 0 Å². The second kappa shape index (κ2) is 7.98. The van der Waals surface area contributed by atoms with E-state index < -0.39 is 34.7 Å². The maximum Gasteiger partial charge on any atom is 0.419 e. The molecule has 176 valence electrons. The first-order chi connectivity index (χ1) is 15.4. The molecule has 1 N–H and O–H groups in total. The zero-order valence-electron chi connectivity index (χ0n) is 18.2. The number of halogens is 4. The van der Waals surface area contributed by atoms with Crippen molar-refractivity contribution in [3.63, 3.8) is 0 Å². The van der Waals surface area contributed by atoms with Crippen LogP contribution in [0.3, 0.4) is 0 Å². The van der Waals surface area contributed by atoms with E-state index in [1.165, 1.54) is 36.9 Å². The number of anilines is 1. The smallest absolute Gasteiger partial charge is 0.379 e. The van der Waals surface area contributed by atoms with Crippen LogP contribution in [0.1, 0.15) is 37.4 Å². The Morgan fingerprint density at radius 3 is 2.61 bits per heavy atom. The number of ether oxygens (including phenoxy) is 1. The van der Waals surface area contributed by atoms with Crippen molar-refractivity contribution in [2.45, 2.75) is 38.0 Å². The van der Waals surface area contributed by atoms with Crippen LogP contribution >= 0.6 is 0 Å². The first-order valence-corrected chi connectivity index (χ1v) is 10.3. The molecule has 2 atom stereocenters. The van der Waals surface area contributed by atoms with Crippen LogP contribution in [0.5, 0.6) is 0 Å². The van der Waals surface area contributed by atoms with Crippen molar-refractivity contribution < 1.29 is 22.3 Å². The SMILES string of the molecule is C[C@@H](Nc1nn(C)c(=O)c2cc(=O)n([C@@]3(C)CCOC3)cc12)c1cccc(C(F)(F)F)c1F. The van der Waals surface area contributed by atoms with Crippen molar-refractivity contribution in [1.29, 1.82) is 0 Å². The van der Waals surface area contributed by atoms with E-state index in [9.17, 15) is 27.2 Å². The lowest BCUT2D eigenvalue weighted by molar-refractivity contribution is -0.140. The zero-order valence-corrected chi connectivity index (χ0v) is 18.2. The van der Waals surface area contributed by atoms with Crippen LogP contribution in [0.15, 0.2) is 40.1 Å². The van der Waals surface area contributed by atoms with Crippen LogP contribution < -0.4 is 16.4 Å². The summed E-state index contributed by atoms with van der Waals surface area (Å²) in [7, 11) is 1.39. The minimum Gasteiger partial charge on any atom is -0.379 e. The largest absolute Gasteiger partial charge is 0.419 e. The number of benzene rings is 1. The Morgan fingerprint density at radius 1 is 1.24 bits per heavy atom. The summed E-state index contributed by atoms with van der Waals surface area (Å²) in [6.45, 7) is 4.13. The second-order valence-electron chi connectivity index (χ2n) is 8.46. The fourth-order valence-electron chi connectivity index (χ4n) is 4.08. The molecule has 1 aromatic carbocycles. The molecule has 3 heterocycles. The fourth-order valence-corrected chi connectivity index (χ4v) is 4.08. The molecule has 1 aliphatic heterocycles. The van der Waals surface area contributed by atoms with Crippen molar-refractivity contribution in [2.24, 2.45) is 7.05 Å². The Bertz CT molecular complexity index is 1340. The normalized spacial score (nSPS) is 19.7. The molecule has 7 nitrogen and oxygen atoms in total. The van der Waals surface area contributed by atoms with Gasteiger partial charge in [0, 0.05) is 36.9 Å². The Morgan fingerprint density at radius 2 is 1.97 bits per heavy atom. The van der Waals surface area contributed by atoms with Gasteiger partial charge in [-0.25, -0.2) is 9.07 Å². The fraction of sp³-hybridized carbons (Fsp3) is 0.409. The molecule has 0 aliphatic carbocycles. The predicted molar refractivity (Wildman–Crippen MR) is 114 cm³/mol. The number of rotatable bonds is 4. The predicted octanol–water partition coefficient (Wildman–Crippen LogP) is 3.56. The van der Waals surface area contributed by atoms with Crippen molar-refractivity contribution in [1.82, 2.24) is 14.3 Å². The van der Waals surface area contributed by atoms with E-state index in [4.69, 9.17) is 4.74 Å². The molecular formula is C22H22F4N4O3. The molecule has 1 aliphatic rings. The average Bonchev–Trinajstić information content (AvgIpc) is 3.18. The summed E-state index contributed by atoms with van der Waals surface area (Å²) in [4.78, 5) is 25.4. The van der Waals surface area contributed by atoms with Crippen LogP contribution in [0.4, 0.5) is 23.4 Å². The van der Waals surface area contributed by atoms with Crippen LogP contribution in [0.25, 0.3) is 10.8 Å². The van der Waals surface area contributed by atoms with Gasteiger partial charge in [0.15, 0.2) is 5.82 Å². The molecule has 0 unspecified atom stereocenters. The van der Waals surface area contributed by atoms with E-state index in [0.717, 1.165) is 10.7 Å². The molecule has 0 saturated carbocycles. The summed E-state index contributed by atoms with van der Waals surface area (Å²) < 4.78 is 62.0. The average molecular weight is 466 g/mol. The highest BCUT2D eigenvalue weighted by molar-refractivity contribution is 5.90. The van der Waals surface area contributed by atoms with Gasteiger partial charge in [-0.1, -0.05) is 12.1 Å². The number of alkyl halides is 3.